The van der Waals surface area contributed by atoms with Crippen molar-refractivity contribution in [2.24, 2.45) is 0 Å². The second-order valence-electron chi connectivity index (χ2n) is 5.74. The van der Waals surface area contributed by atoms with E-state index < -0.39 is 4.92 Å². The number of fused-ring (bicyclic) bond motifs is 1. The first-order chi connectivity index (χ1) is 11.6. The summed E-state index contributed by atoms with van der Waals surface area (Å²) in [6.07, 6.45) is 3.03. The minimum Gasteiger partial charge on any atom is -0.358 e. The first kappa shape index (κ1) is 14.6. The number of anilines is 1. The summed E-state index contributed by atoms with van der Waals surface area (Å²) in [4.78, 5) is 16.6. The Morgan fingerprint density at radius 1 is 1.29 bits per heavy atom. The molecule has 0 bridgehead atoms. The molecule has 3 aromatic rings. The van der Waals surface area contributed by atoms with Crippen molar-refractivity contribution in [2.45, 2.75) is 18.9 Å². The first-order valence-electron chi connectivity index (χ1n) is 7.65. The molecule has 1 unspecified atom stereocenters. The number of imidazole rings is 1. The van der Waals surface area contributed by atoms with Gasteiger partial charge < -0.3 is 15.0 Å². The van der Waals surface area contributed by atoms with Crippen LogP contribution < -0.4 is 4.90 Å². The number of nitrogens with zero attached hydrogens (tertiary/aromatic N) is 5. The molecule has 2 aromatic heterocycles. The van der Waals surface area contributed by atoms with E-state index in [-0.39, 0.29) is 17.7 Å². The first-order valence-corrected chi connectivity index (χ1v) is 7.65. The van der Waals surface area contributed by atoms with E-state index in [0.717, 1.165) is 24.9 Å². The molecule has 1 atom stereocenters. The van der Waals surface area contributed by atoms with Crippen molar-refractivity contribution in [3.05, 3.63) is 64.1 Å². The van der Waals surface area contributed by atoms with Crippen molar-refractivity contribution in [1.82, 2.24) is 14.6 Å². The average Bonchev–Trinajstić information content (AvgIpc) is 3.21. The van der Waals surface area contributed by atoms with Crippen LogP contribution in [0.5, 0.6) is 0 Å². The molecular formula is C16H14FN5O2. The van der Waals surface area contributed by atoms with Crippen molar-refractivity contribution in [3.63, 3.8) is 0 Å². The Labute approximate surface area is 136 Å². The molecule has 0 saturated carbocycles. The van der Waals surface area contributed by atoms with Crippen LogP contribution in [0.15, 0.2) is 42.6 Å². The number of benzene rings is 1. The van der Waals surface area contributed by atoms with Gasteiger partial charge in [-0.2, -0.15) is 0 Å². The summed E-state index contributed by atoms with van der Waals surface area (Å²) in [5, 5.41) is 15.5. The quantitative estimate of drug-likeness (QED) is 0.546. The number of nitro groups is 1. The lowest BCUT2D eigenvalue weighted by molar-refractivity contribution is -0.391. The standard InChI is InChI=1S/C16H14FN5O2/c17-12-4-1-3-11(9-12)13-5-2-8-20(13)15-7-6-14-18-10-16(22(23)24)21(14)19-15/h1,3-4,6-7,9-10,13H,2,5,8H2. The van der Waals surface area contributed by atoms with E-state index in [2.05, 4.69) is 15.0 Å². The van der Waals surface area contributed by atoms with Crippen LogP contribution in [0.4, 0.5) is 16.0 Å². The van der Waals surface area contributed by atoms with Gasteiger partial charge in [0.15, 0.2) is 5.82 Å². The second-order valence-corrected chi connectivity index (χ2v) is 5.74. The second kappa shape index (κ2) is 5.55. The Hall–Kier alpha value is -3.03. The maximum atomic E-state index is 13.5. The summed E-state index contributed by atoms with van der Waals surface area (Å²) in [5.74, 6) is 0.178. The Kier molecular flexibility index (Phi) is 3.37. The van der Waals surface area contributed by atoms with E-state index in [4.69, 9.17) is 0 Å². The fourth-order valence-corrected chi connectivity index (χ4v) is 3.23. The Morgan fingerprint density at radius 3 is 2.96 bits per heavy atom. The van der Waals surface area contributed by atoms with Gasteiger partial charge in [0.05, 0.1) is 6.04 Å². The van der Waals surface area contributed by atoms with E-state index >= 15 is 0 Å². The molecule has 0 radical (unpaired) electrons. The minimum absolute atomic E-state index is 0.00762. The van der Waals surface area contributed by atoms with Gasteiger partial charge in [-0.3, -0.25) is 0 Å². The molecule has 8 heteroatoms. The molecule has 3 heterocycles. The van der Waals surface area contributed by atoms with Crippen LogP contribution in [0.1, 0.15) is 24.4 Å². The van der Waals surface area contributed by atoms with Gasteiger partial charge in [0.25, 0.3) is 0 Å². The molecule has 1 saturated heterocycles. The average molecular weight is 327 g/mol. The third-order valence-corrected chi connectivity index (χ3v) is 4.30. The summed E-state index contributed by atoms with van der Waals surface area (Å²) in [6.45, 7) is 0.766. The summed E-state index contributed by atoms with van der Waals surface area (Å²) in [5.41, 5.74) is 1.31. The van der Waals surface area contributed by atoms with Crippen LogP contribution in [-0.4, -0.2) is 26.1 Å². The molecule has 7 nitrogen and oxygen atoms in total. The highest BCUT2D eigenvalue weighted by Crippen LogP contribution is 2.35. The smallest absolute Gasteiger partial charge is 0.358 e. The van der Waals surface area contributed by atoms with Crippen molar-refractivity contribution < 1.29 is 9.31 Å². The van der Waals surface area contributed by atoms with Crippen molar-refractivity contribution in [3.8, 4) is 0 Å². The predicted molar refractivity (Wildman–Crippen MR) is 85.4 cm³/mol. The summed E-state index contributed by atoms with van der Waals surface area (Å²) >= 11 is 0. The molecule has 1 aromatic carbocycles. The van der Waals surface area contributed by atoms with Gasteiger partial charge in [-0.25, -0.2) is 9.37 Å². The number of aromatic nitrogens is 3. The molecule has 0 N–H and O–H groups in total. The van der Waals surface area contributed by atoms with Gasteiger partial charge in [-0.15, -0.1) is 0 Å². The molecule has 0 amide bonds. The van der Waals surface area contributed by atoms with E-state index in [9.17, 15) is 14.5 Å². The Bertz CT molecular complexity index is 926. The molecule has 1 aliphatic heterocycles. The normalized spacial score (nSPS) is 17.5. The SMILES string of the molecule is O=[N+]([O-])c1cnc2ccc(N3CCCC3c3cccc(F)c3)nn12. The summed E-state index contributed by atoms with van der Waals surface area (Å²) in [7, 11) is 0. The van der Waals surface area contributed by atoms with Crippen molar-refractivity contribution >= 4 is 17.3 Å². The fraction of sp³-hybridized carbons (Fsp3) is 0.250. The Morgan fingerprint density at radius 2 is 2.17 bits per heavy atom. The van der Waals surface area contributed by atoms with E-state index in [1.54, 1.807) is 18.2 Å². The Balaban J connectivity index is 1.75. The summed E-state index contributed by atoms with van der Waals surface area (Å²) < 4.78 is 14.8. The van der Waals surface area contributed by atoms with Crippen LogP contribution in [0.3, 0.4) is 0 Å². The topological polar surface area (TPSA) is 76.6 Å². The number of hydrogen-bond donors (Lipinski definition) is 0. The molecular weight excluding hydrogens is 313 g/mol. The molecule has 4 rings (SSSR count). The van der Waals surface area contributed by atoms with Gasteiger partial charge in [0.2, 0.25) is 5.65 Å². The number of rotatable bonds is 3. The van der Waals surface area contributed by atoms with E-state index in [1.807, 2.05) is 6.07 Å². The van der Waals surface area contributed by atoms with Crippen LogP contribution in [-0.2, 0) is 0 Å². The van der Waals surface area contributed by atoms with E-state index in [1.165, 1.54) is 22.8 Å². The fourth-order valence-electron chi connectivity index (χ4n) is 3.23. The lowest BCUT2D eigenvalue weighted by Crippen LogP contribution is -2.24. The summed E-state index contributed by atoms with van der Waals surface area (Å²) in [6, 6.07) is 10.0. The molecule has 1 fully saturated rings. The molecule has 24 heavy (non-hydrogen) atoms. The van der Waals surface area contributed by atoms with Crippen LogP contribution in [0.25, 0.3) is 5.65 Å². The van der Waals surface area contributed by atoms with Gasteiger partial charge >= 0.3 is 5.82 Å². The van der Waals surface area contributed by atoms with Crippen molar-refractivity contribution in [1.29, 1.82) is 0 Å². The largest absolute Gasteiger partial charge is 0.368 e. The molecule has 0 aliphatic carbocycles. The molecule has 122 valence electrons. The number of halogens is 1. The van der Waals surface area contributed by atoms with E-state index in [0.29, 0.717) is 11.5 Å². The highest BCUT2D eigenvalue weighted by Gasteiger charge is 2.29. The number of hydrogen-bond acceptors (Lipinski definition) is 5. The lowest BCUT2D eigenvalue weighted by atomic mass is 10.0. The van der Waals surface area contributed by atoms with Crippen LogP contribution >= 0.6 is 0 Å². The maximum Gasteiger partial charge on any atom is 0.368 e. The molecule has 1 aliphatic rings. The zero-order valence-electron chi connectivity index (χ0n) is 12.7. The van der Waals surface area contributed by atoms with Gasteiger partial charge in [-0.1, -0.05) is 21.7 Å². The lowest BCUT2D eigenvalue weighted by Gasteiger charge is -2.25. The highest BCUT2D eigenvalue weighted by molar-refractivity contribution is 5.51. The van der Waals surface area contributed by atoms with Crippen LogP contribution in [0, 0.1) is 15.9 Å². The zero-order chi connectivity index (χ0) is 16.7. The highest BCUT2D eigenvalue weighted by atomic mass is 19.1. The van der Waals surface area contributed by atoms with Crippen LogP contribution in [0.2, 0.25) is 0 Å². The minimum atomic E-state index is -0.509. The third-order valence-electron chi connectivity index (χ3n) is 4.30. The maximum absolute atomic E-state index is 13.5. The van der Waals surface area contributed by atoms with Gasteiger partial charge in [-0.05, 0) is 41.5 Å². The predicted octanol–water partition coefficient (Wildman–Crippen LogP) is 3.12. The van der Waals surface area contributed by atoms with Gasteiger partial charge in [0.1, 0.15) is 12.0 Å². The zero-order valence-corrected chi connectivity index (χ0v) is 12.7. The van der Waals surface area contributed by atoms with Gasteiger partial charge in [0, 0.05) is 12.6 Å². The third kappa shape index (κ3) is 2.36. The monoisotopic (exact) mass is 327 g/mol. The molecule has 0 spiro atoms. The van der Waals surface area contributed by atoms with Crippen molar-refractivity contribution in [2.75, 3.05) is 11.4 Å².